The highest BCUT2D eigenvalue weighted by Gasteiger charge is 2.24. The van der Waals surface area contributed by atoms with Gasteiger partial charge in [-0.2, -0.15) is 5.10 Å². The number of aliphatic hydroxyl groups is 1. The Kier molecular flexibility index (Phi) is 4.11. The van der Waals surface area contributed by atoms with Gasteiger partial charge in [-0.3, -0.25) is 9.48 Å². The maximum atomic E-state index is 11.5. The number of aryl methyl sites for hydroxylation is 1. The Bertz CT molecular complexity index is 352. The van der Waals surface area contributed by atoms with Crippen molar-refractivity contribution in [1.29, 1.82) is 0 Å². The first kappa shape index (κ1) is 12.1. The summed E-state index contributed by atoms with van der Waals surface area (Å²) in [5.41, 5.74) is 0. The van der Waals surface area contributed by atoms with E-state index in [1.165, 1.54) is 0 Å². The molecule has 0 saturated carbocycles. The van der Waals surface area contributed by atoms with Crippen LogP contribution in [0.5, 0.6) is 0 Å². The molecular formula is C11H18N4O2. The third-order valence-corrected chi connectivity index (χ3v) is 2.99. The van der Waals surface area contributed by atoms with E-state index in [1.54, 1.807) is 10.9 Å². The highest BCUT2D eigenvalue weighted by Crippen LogP contribution is 2.06. The van der Waals surface area contributed by atoms with Gasteiger partial charge < -0.3 is 15.7 Å². The number of hydrogen-bond donors (Lipinski definition) is 3. The number of aromatic nitrogens is 2. The molecule has 0 radical (unpaired) electrons. The van der Waals surface area contributed by atoms with Crippen molar-refractivity contribution in [3.8, 4) is 0 Å². The van der Waals surface area contributed by atoms with Crippen LogP contribution in [0.4, 0.5) is 0 Å². The summed E-state index contributed by atoms with van der Waals surface area (Å²) in [6.07, 6.45) is 3.59. The minimum Gasteiger partial charge on any atom is -0.391 e. The third kappa shape index (κ3) is 3.54. The molecule has 2 unspecified atom stereocenters. The van der Waals surface area contributed by atoms with E-state index in [0.29, 0.717) is 26.1 Å². The second-order valence-electron chi connectivity index (χ2n) is 4.31. The molecule has 1 aliphatic rings. The second kappa shape index (κ2) is 5.79. The van der Waals surface area contributed by atoms with Crippen LogP contribution in [0.25, 0.3) is 0 Å². The highest BCUT2D eigenvalue weighted by atomic mass is 16.3. The molecule has 3 N–H and O–H groups in total. The Morgan fingerprint density at radius 1 is 1.59 bits per heavy atom. The number of nitrogens with zero attached hydrogens (tertiary/aromatic N) is 2. The summed E-state index contributed by atoms with van der Waals surface area (Å²) >= 11 is 0. The van der Waals surface area contributed by atoms with E-state index in [0.717, 1.165) is 6.54 Å². The molecule has 1 fully saturated rings. The quantitative estimate of drug-likeness (QED) is 0.613. The number of hydrogen-bond acceptors (Lipinski definition) is 4. The van der Waals surface area contributed by atoms with E-state index < -0.39 is 0 Å². The van der Waals surface area contributed by atoms with E-state index in [1.807, 2.05) is 12.3 Å². The van der Waals surface area contributed by atoms with Gasteiger partial charge in [0.25, 0.3) is 0 Å². The largest absolute Gasteiger partial charge is 0.391 e. The van der Waals surface area contributed by atoms with Gasteiger partial charge in [0.1, 0.15) is 0 Å². The molecular weight excluding hydrogens is 220 g/mol. The van der Waals surface area contributed by atoms with Crippen molar-refractivity contribution in [3.05, 3.63) is 18.5 Å². The van der Waals surface area contributed by atoms with Gasteiger partial charge in [0.05, 0.1) is 6.10 Å². The molecule has 94 valence electrons. The van der Waals surface area contributed by atoms with E-state index in [2.05, 4.69) is 15.7 Å². The molecule has 2 rings (SSSR count). The summed E-state index contributed by atoms with van der Waals surface area (Å²) in [7, 11) is 0. The Morgan fingerprint density at radius 3 is 3.12 bits per heavy atom. The van der Waals surface area contributed by atoms with Crippen LogP contribution in [0.1, 0.15) is 6.42 Å². The number of amides is 1. The van der Waals surface area contributed by atoms with Gasteiger partial charge in [-0.05, 0) is 6.07 Å². The van der Waals surface area contributed by atoms with Gasteiger partial charge >= 0.3 is 0 Å². The van der Waals surface area contributed by atoms with Crippen molar-refractivity contribution in [2.45, 2.75) is 19.1 Å². The summed E-state index contributed by atoms with van der Waals surface area (Å²) in [6, 6.07) is 1.83. The molecule has 1 saturated heterocycles. The van der Waals surface area contributed by atoms with Crippen molar-refractivity contribution >= 4 is 5.91 Å². The lowest BCUT2D eigenvalue weighted by Gasteiger charge is -2.13. The van der Waals surface area contributed by atoms with Gasteiger partial charge in [-0.1, -0.05) is 0 Å². The van der Waals surface area contributed by atoms with Crippen molar-refractivity contribution < 1.29 is 9.90 Å². The lowest BCUT2D eigenvalue weighted by atomic mass is 10.1. The van der Waals surface area contributed by atoms with Crippen LogP contribution in [0.2, 0.25) is 0 Å². The molecule has 2 atom stereocenters. The fourth-order valence-electron chi connectivity index (χ4n) is 1.91. The molecule has 1 aromatic rings. The van der Waals surface area contributed by atoms with E-state index in [9.17, 15) is 9.90 Å². The Hall–Kier alpha value is -1.40. The molecule has 0 aliphatic carbocycles. The summed E-state index contributed by atoms with van der Waals surface area (Å²) in [6.45, 7) is 2.50. The molecule has 0 spiro atoms. The van der Waals surface area contributed by atoms with Crippen LogP contribution >= 0.6 is 0 Å². The number of carbonyl (C=O) groups is 1. The molecule has 0 bridgehead atoms. The summed E-state index contributed by atoms with van der Waals surface area (Å²) in [5, 5.41) is 19.5. The molecule has 6 nitrogen and oxygen atoms in total. The monoisotopic (exact) mass is 238 g/mol. The van der Waals surface area contributed by atoms with Crippen molar-refractivity contribution in [3.63, 3.8) is 0 Å². The Morgan fingerprint density at radius 2 is 2.47 bits per heavy atom. The minimum atomic E-state index is -0.346. The molecule has 17 heavy (non-hydrogen) atoms. The fourth-order valence-corrected chi connectivity index (χ4v) is 1.91. The number of carbonyl (C=O) groups excluding carboxylic acids is 1. The van der Waals surface area contributed by atoms with Gasteiger partial charge in [-0.15, -0.1) is 0 Å². The highest BCUT2D eigenvalue weighted by molar-refractivity contribution is 5.75. The fraction of sp³-hybridized carbons (Fsp3) is 0.636. The average molecular weight is 238 g/mol. The maximum Gasteiger partial charge on any atom is 0.221 e. The topological polar surface area (TPSA) is 79.2 Å². The standard InChI is InChI=1S/C11H18N4O2/c16-10-8-12-6-9(10)7-13-11(17)2-5-15-4-1-3-14-15/h1,3-4,9-10,12,16H,2,5-8H2,(H,13,17). The summed E-state index contributed by atoms with van der Waals surface area (Å²) < 4.78 is 1.73. The number of β-amino-alcohol motifs (C(OH)–C–C–N with tert-alkyl or cyclic N) is 1. The number of rotatable bonds is 5. The number of aliphatic hydroxyl groups excluding tert-OH is 1. The molecule has 0 aromatic carbocycles. The molecule has 1 amide bonds. The summed E-state index contributed by atoms with van der Waals surface area (Å²) in [4.78, 5) is 11.5. The minimum absolute atomic E-state index is 0.000370. The SMILES string of the molecule is O=C(CCn1cccn1)NCC1CNCC1O. The lowest BCUT2D eigenvalue weighted by molar-refractivity contribution is -0.121. The smallest absolute Gasteiger partial charge is 0.221 e. The average Bonchev–Trinajstić information content (AvgIpc) is 2.95. The lowest BCUT2D eigenvalue weighted by Crippen LogP contribution is -2.34. The molecule has 2 heterocycles. The van der Waals surface area contributed by atoms with Crippen molar-refractivity contribution in [1.82, 2.24) is 20.4 Å². The normalized spacial score (nSPS) is 23.8. The Balaban J connectivity index is 1.64. The van der Waals surface area contributed by atoms with Crippen molar-refractivity contribution in [2.75, 3.05) is 19.6 Å². The molecule has 6 heteroatoms. The van der Waals surface area contributed by atoms with Crippen molar-refractivity contribution in [2.24, 2.45) is 5.92 Å². The van der Waals surface area contributed by atoms with Crippen LogP contribution < -0.4 is 10.6 Å². The van der Waals surface area contributed by atoms with Crippen LogP contribution in [-0.2, 0) is 11.3 Å². The van der Waals surface area contributed by atoms with Gasteiger partial charge in [0.2, 0.25) is 5.91 Å². The van der Waals surface area contributed by atoms with Crippen LogP contribution in [0.3, 0.4) is 0 Å². The predicted octanol–water partition coefficient (Wildman–Crippen LogP) is -1.03. The second-order valence-corrected chi connectivity index (χ2v) is 4.31. The summed E-state index contributed by atoms with van der Waals surface area (Å²) in [5.74, 6) is 0.128. The molecule has 1 aromatic heterocycles. The molecule has 1 aliphatic heterocycles. The van der Waals surface area contributed by atoms with Crippen LogP contribution in [0, 0.1) is 5.92 Å². The van der Waals surface area contributed by atoms with Gasteiger partial charge in [0.15, 0.2) is 0 Å². The Labute approximate surface area is 100 Å². The van der Waals surface area contributed by atoms with E-state index in [-0.39, 0.29) is 17.9 Å². The third-order valence-electron chi connectivity index (χ3n) is 2.99. The predicted molar refractivity (Wildman–Crippen MR) is 62.2 cm³/mol. The zero-order valence-electron chi connectivity index (χ0n) is 9.67. The first-order chi connectivity index (χ1) is 8.25. The first-order valence-electron chi connectivity index (χ1n) is 5.88. The van der Waals surface area contributed by atoms with Crippen LogP contribution in [0.15, 0.2) is 18.5 Å². The zero-order chi connectivity index (χ0) is 12.1. The van der Waals surface area contributed by atoms with Crippen LogP contribution in [-0.4, -0.2) is 46.5 Å². The van der Waals surface area contributed by atoms with Gasteiger partial charge in [0, 0.05) is 50.9 Å². The number of nitrogens with one attached hydrogen (secondary N) is 2. The van der Waals surface area contributed by atoms with Gasteiger partial charge in [-0.25, -0.2) is 0 Å². The van der Waals surface area contributed by atoms with E-state index in [4.69, 9.17) is 0 Å². The van der Waals surface area contributed by atoms with E-state index >= 15 is 0 Å². The maximum absolute atomic E-state index is 11.5. The first-order valence-corrected chi connectivity index (χ1v) is 5.88. The zero-order valence-corrected chi connectivity index (χ0v) is 9.67.